The molecule has 2 heterocycles. The topological polar surface area (TPSA) is 101 Å². The van der Waals surface area contributed by atoms with Crippen LogP contribution < -0.4 is 5.32 Å². The second-order valence-electron chi connectivity index (χ2n) is 7.00. The molecule has 0 saturated carbocycles. The molecule has 0 bridgehead atoms. The number of carbonyl (C=O) groups excluding carboxylic acids is 1. The number of benzene rings is 2. The van der Waals surface area contributed by atoms with Crippen LogP contribution in [0.1, 0.15) is 29.2 Å². The molecule has 2 N–H and O–H groups in total. The van der Waals surface area contributed by atoms with E-state index in [1.54, 1.807) is 18.3 Å². The number of amides is 1. The zero-order valence-corrected chi connectivity index (χ0v) is 16.1. The lowest BCUT2D eigenvalue weighted by Crippen LogP contribution is -2.25. The molecule has 7 nitrogen and oxygen atoms in total. The fourth-order valence-corrected chi connectivity index (χ4v) is 3.59. The highest BCUT2D eigenvalue weighted by Crippen LogP contribution is 2.34. The van der Waals surface area contributed by atoms with Crippen LogP contribution in [0.4, 0.5) is 5.69 Å². The molecule has 0 aliphatic rings. The van der Waals surface area contributed by atoms with Gasteiger partial charge in [0.2, 0.25) is 5.91 Å². The van der Waals surface area contributed by atoms with Crippen LogP contribution in [0, 0.1) is 10.1 Å². The molecule has 7 heteroatoms. The van der Waals surface area contributed by atoms with Crippen LogP contribution in [0.5, 0.6) is 0 Å². The van der Waals surface area contributed by atoms with Crippen LogP contribution in [0.2, 0.25) is 0 Å². The van der Waals surface area contributed by atoms with E-state index in [0.29, 0.717) is 6.54 Å². The molecular formula is C23H20N4O3. The number of nitrogens with one attached hydrogen (secondary N) is 2. The Labute approximate surface area is 172 Å². The largest absolute Gasteiger partial charge is 0.361 e. The molecule has 1 atom stereocenters. The van der Waals surface area contributed by atoms with E-state index in [1.165, 1.54) is 6.07 Å². The van der Waals surface area contributed by atoms with Gasteiger partial charge in [0.25, 0.3) is 5.69 Å². The Bertz CT molecular complexity index is 1190. The Hall–Kier alpha value is -4.00. The third-order valence-corrected chi connectivity index (χ3v) is 5.06. The van der Waals surface area contributed by atoms with Crippen molar-refractivity contribution in [2.45, 2.75) is 18.9 Å². The average Bonchev–Trinajstić information content (AvgIpc) is 3.21. The molecule has 1 amide bonds. The fourth-order valence-electron chi connectivity index (χ4n) is 3.59. The minimum Gasteiger partial charge on any atom is -0.361 e. The number of H-pyrrole nitrogens is 1. The quantitative estimate of drug-likeness (QED) is 0.356. The fraction of sp³-hybridized carbons (Fsp3) is 0.130. The van der Waals surface area contributed by atoms with Crippen molar-refractivity contribution in [2.75, 3.05) is 0 Å². The molecule has 4 rings (SSSR count). The van der Waals surface area contributed by atoms with E-state index in [9.17, 15) is 14.9 Å². The van der Waals surface area contributed by atoms with Crippen molar-refractivity contribution < 1.29 is 9.72 Å². The number of aromatic nitrogens is 2. The van der Waals surface area contributed by atoms with Gasteiger partial charge in [0.05, 0.1) is 17.2 Å². The summed E-state index contributed by atoms with van der Waals surface area (Å²) in [5, 5.41) is 15.2. The number of carbonyl (C=O) groups is 1. The van der Waals surface area contributed by atoms with Gasteiger partial charge in [-0.2, -0.15) is 0 Å². The SMILES string of the molecule is O=C(CC(c1cccc([N+](=O)[O-])c1)c1c[nH]c2ccccc12)NCc1ccccn1. The van der Waals surface area contributed by atoms with Gasteiger partial charge in [-0.3, -0.25) is 19.9 Å². The Morgan fingerprint density at radius 3 is 2.73 bits per heavy atom. The Kier molecular flexibility index (Phi) is 5.52. The summed E-state index contributed by atoms with van der Waals surface area (Å²) < 4.78 is 0. The molecule has 0 aliphatic carbocycles. The first-order valence-electron chi connectivity index (χ1n) is 9.59. The summed E-state index contributed by atoms with van der Waals surface area (Å²) in [6.45, 7) is 0.329. The molecule has 0 spiro atoms. The summed E-state index contributed by atoms with van der Waals surface area (Å²) in [6, 6.07) is 19.8. The van der Waals surface area contributed by atoms with Gasteiger partial charge < -0.3 is 10.3 Å². The minimum absolute atomic E-state index is 0.00577. The first-order valence-corrected chi connectivity index (χ1v) is 9.59. The van der Waals surface area contributed by atoms with E-state index in [1.807, 2.05) is 54.7 Å². The normalized spacial score (nSPS) is 11.9. The zero-order valence-electron chi connectivity index (χ0n) is 16.1. The lowest BCUT2D eigenvalue weighted by molar-refractivity contribution is -0.384. The number of rotatable bonds is 7. The van der Waals surface area contributed by atoms with Crippen molar-refractivity contribution in [3.05, 3.63) is 106 Å². The molecule has 150 valence electrons. The van der Waals surface area contributed by atoms with Crippen molar-refractivity contribution in [3.8, 4) is 0 Å². The highest BCUT2D eigenvalue weighted by atomic mass is 16.6. The van der Waals surface area contributed by atoms with Gasteiger partial charge in [-0.25, -0.2) is 0 Å². The number of non-ortho nitro benzene ring substituents is 1. The first-order chi connectivity index (χ1) is 14.6. The predicted molar refractivity (Wildman–Crippen MR) is 114 cm³/mol. The molecule has 0 saturated heterocycles. The molecular weight excluding hydrogens is 380 g/mol. The van der Waals surface area contributed by atoms with E-state index >= 15 is 0 Å². The number of fused-ring (bicyclic) bond motifs is 1. The lowest BCUT2D eigenvalue weighted by atomic mass is 9.87. The Morgan fingerprint density at radius 2 is 1.93 bits per heavy atom. The van der Waals surface area contributed by atoms with Crippen molar-refractivity contribution >= 4 is 22.5 Å². The van der Waals surface area contributed by atoms with E-state index in [4.69, 9.17) is 0 Å². The van der Waals surface area contributed by atoms with Crippen molar-refractivity contribution in [3.63, 3.8) is 0 Å². The van der Waals surface area contributed by atoms with Crippen molar-refractivity contribution in [2.24, 2.45) is 0 Å². The molecule has 1 unspecified atom stereocenters. The molecule has 2 aromatic carbocycles. The van der Waals surface area contributed by atoms with Crippen LogP contribution in [0.15, 0.2) is 79.1 Å². The maximum absolute atomic E-state index is 12.8. The third kappa shape index (κ3) is 4.20. The van der Waals surface area contributed by atoms with E-state index in [-0.39, 0.29) is 23.9 Å². The number of nitro benzene ring substituents is 1. The van der Waals surface area contributed by atoms with Gasteiger partial charge in [-0.05, 0) is 29.3 Å². The second-order valence-corrected chi connectivity index (χ2v) is 7.00. The number of para-hydroxylation sites is 1. The summed E-state index contributed by atoms with van der Waals surface area (Å²) in [5.41, 5.74) is 3.38. The highest BCUT2D eigenvalue weighted by molar-refractivity contribution is 5.86. The predicted octanol–water partition coefficient (Wildman–Crippen LogP) is 4.31. The van der Waals surface area contributed by atoms with Crippen LogP contribution in [0.3, 0.4) is 0 Å². The second kappa shape index (κ2) is 8.57. The highest BCUT2D eigenvalue weighted by Gasteiger charge is 2.23. The zero-order chi connectivity index (χ0) is 20.9. The number of pyridine rings is 1. The van der Waals surface area contributed by atoms with Crippen LogP contribution in [-0.4, -0.2) is 20.8 Å². The van der Waals surface area contributed by atoms with Gasteiger partial charge in [0.1, 0.15) is 0 Å². The lowest BCUT2D eigenvalue weighted by Gasteiger charge is -2.17. The average molecular weight is 400 g/mol. The Morgan fingerprint density at radius 1 is 1.10 bits per heavy atom. The number of nitro groups is 1. The summed E-state index contributed by atoms with van der Waals surface area (Å²) in [5.74, 6) is -0.479. The number of hydrogen-bond donors (Lipinski definition) is 2. The van der Waals surface area contributed by atoms with Gasteiger partial charge in [-0.15, -0.1) is 0 Å². The number of aromatic amines is 1. The van der Waals surface area contributed by atoms with Crippen LogP contribution >= 0.6 is 0 Å². The Balaban J connectivity index is 1.64. The summed E-state index contributed by atoms with van der Waals surface area (Å²) in [6.07, 6.45) is 3.72. The van der Waals surface area contributed by atoms with Gasteiger partial charge in [-0.1, -0.05) is 36.4 Å². The standard InChI is InChI=1S/C23H20N4O3/c28-23(26-14-17-7-3-4-11-24-17)13-20(16-6-5-8-18(12-16)27(29)30)21-15-25-22-10-2-1-9-19(21)22/h1-12,15,20,25H,13-14H2,(H,26,28). The van der Waals surface area contributed by atoms with E-state index < -0.39 is 4.92 Å². The maximum atomic E-state index is 12.8. The van der Waals surface area contributed by atoms with Gasteiger partial charge >= 0.3 is 0 Å². The molecule has 2 aromatic heterocycles. The summed E-state index contributed by atoms with van der Waals surface area (Å²) in [4.78, 5) is 31.1. The summed E-state index contributed by atoms with van der Waals surface area (Å²) >= 11 is 0. The van der Waals surface area contributed by atoms with Crippen LogP contribution in [0.25, 0.3) is 10.9 Å². The van der Waals surface area contributed by atoms with Crippen LogP contribution in [-0.2, 0) is 11.3 Å². The third-order valence-electron chi connectivity index (χ3n) is 5.06. The monoisotopic (exact) mass is 400 g/mol. The summed E-state index contributed by atoms with van der Waals surface area (Å²) in [7, 11) is 0. The molecule has 0 radical (unpaired) electrons. The molecule has 0 aliphatic heterocycles. The van der Waals surface area contributed by atoms with Crippen molar-refractivity contribution in [1.82, 2.24) is 15.3 Å². The molecule has 0 fully saturated rings. The first kappa shape index (κ1) is 19.3. The van der Waals surface area contributed by atoms with E-state index in [0.717, 1.165) is 27.7 Å². The molecule has 30 heavy (non-hydrogen) atoms. The number of nitrogens with zero attached hydrogens (tertiary/aromatic N) is 2. The van der Waals surface area contributed by atoms with Gasteiger partial charge in [0.15, 0.2) is 0 Å². The molecule has 4 aromatic rings. The van der Waals surface area contributed by atoms with Gasteiger partial charge in [0, 0.05) is 47.8 Å². The minimum atomic E-state index is -0.420. The number of hydrogen-bond acceptors (Lipinski definition) is 4. The smallest absolute Gasteiger partial charge is 0.269 e. The van der Waals surface area contributed by atoms with E-state index in [2.05, 4.69) is 15.3 Å². The van der Waals surface area contributed by atoms with Crippen molar-refractivity contribution in [1.29, 1.82) is 0 Å². The maximum Gasteiger partial charge on any atom is 0.269 e.